The van der Waals surface area contributed by atoms with Gasteiger partial charge in [-0.15, -0.1) is 21.5 Å². The third-order valence-electron chi connectivity index (χ3n) is 3.99. The first kappa shape index (κ1) is 18.1. The van der Waals surface area contributed by atoms with E-state index in [2.05, 4.69) is 15.5 Å². The van der Waals surface area contributed by atoms with Crippen molar-refractivity contribution in [1.29, 1.82) is 0 Å². The SMILES string of the molecule is CCC(C(=O)NCCOc1ccc(-c2cccs2)nn1)c1ccccc1. The number of amides is 1. The molecule has 3 rings (SSSR count). The Kier molecular flexibility index (Phi) is 6.33. The second-order valence-corrected chi connectivity index (χ2v) is 6.69. The van der Waals surface area contributed by atoms with Gasteiger partial charge in [-0.1, -0.05) is 43.3 Å². The molecule has 0 aliphatic heterocycles. The predicted molar refractivity (Wildman–Crippen MR) is 103 cm³/mol. The minimum Gasteiger partial charge on any atom is -0.475 e. The van der Waals surface area contributed by atoms with Crippen LogP contribution in [0.4, 0.5) is 0 Å². The molecule has 0 saturated heterocycles. The van der Waals surface area contributed by atoms with Crippen molar-refractivity contribution in [2.24, 2.45) is 0 Å². The van der Waals surface area contributed by atoms with E-state index in [-0.39, 0.29) is 11.8 Å². The molecule has 1 N–H and O–H groups in total. The number of aromatic nitrogens is 2. The number of thiophene rings is 1. The van der Waals surface area contributed by atoms with Gasteiger partial charge in [0.25, 0.3) is 0 Å². The summed E-state index contributed by atoms with van der Waals surface area (Å²) >= 11 is 1.62. The summed E-state index contributed by atoms with van der Waals surface area (Å²) in [5.41, 5.74) is 1.86. The van der Waals surface area contributed by atoms with Crippen LogP contribution in [0, 0.1) is 0 Å². The summed E-state index contributed by atoms with van der Waals surface area (Å²) < 4.78 is 5.56. The molecule has 0 bridgehead atoms. The Morgan fingerprint density at radius 1 is 1.12 bits per heavy atom. The Bertz CT molecular complexity index is 805. The van der Waals surface area contributed by atoms with Crippen molar-refractivity contribution in [2.45, 2.75) is 19.3 Å². The van der Waals surface area contributed by atoms with Crippen molar-refractivity contribution in [3.8, 4) is 16.5 Å². The summed E-state index contributed by atoms with van der Waals surface area (Å²) in [6.45, 7) is 2.79. The lowest BCUT2D eigenvalue weighted by atomic mass is 9.96. The average Bonchev–Trinajstić information content (AvgIpc) is 3.22. The van der Waals surface area contributed by atoms with Gasteiger partial charge in [0, 0.05) is 6.07 Å². The minimum atomic E-state index is -0.138. The number of benzene rings is 1. The van der Waals surface area contributed by atoms with E-state index in [0.717, 1.165) is 22.6 Å². The lowest BCUT2D eigenvalue weighted by molar-refractivity contribution is -0.122. The molecule has 3 aromatic rings. The Balaban J connectivity index is 1.45. The standard InChI is InChI=1S/C20H21N3O2S/c1-2-16(15-7-4-3-5-8-15)20(24)21-12-13-25-19-11-10-17(22-23-19)18-9-6-14-26-18/h3-11,14,16H,2,12-13H2,1H3,(H,21,24). The third-order valence-corrected chi connectivity index (χ3v) is 4.88. The fourth-order valence-corrected chi connectivity index (χ4v) is 3.35. The summed E-state index contributed by atoms with van der Waals surface area (Å²) in [7, 11) is 0. The van der Waals surface area contributed by atoms with Crippen molar-refractivity contribution < 1.29 is 9.53 Å². The van der Waals surface area contributed by atoms with Gasteiger partial charge in [-0.3, -0.25) is 4.79 Å². The van der Waals surface area contributed by atoms with Crippen LogP contribution in [0.2, 0.25) is 0 Å². The highest BCUT2D eigenvalue weighted by atomic mass is 32.1. The molecule has 134 valence electrons. The first-order valence-corrected chi connectivity index (χ1v) is 9.49. The number of carbonyl (C=O) groups excluding carboxylic acids is 1. The van der Waals surface area contributed by atoms with Crippen LogP contribution in [0.25, 0.3) is 10.6 Å². The summed E-state index contributed by atoms with van der Waals surface area (Å²) in [5, 5.41) is 13.2. The fraction of sp³-hybridized carbons (Fsp3) is 0.250. The Hall–Kier alpha value is -2.73. The normalized spacial score (nSPS) is 11.7. The molecule has 0 aliphatic carbocycles. The van der Waals surface area contributed by atoms with Crippen LogP contribution in [-0.4, -0.2) is 29.3 Å². The zero-order valence-electron chi connectivity index (χ0n) is 14.6. The monoisotopic (exact) mass is 367 g/mol. The molecule has 26 heavy (non-hydrogen) atoms. The van der Waals surface area contributed by atoms with Crippen LogP contribution in [-0.2, 0) is 4.79 Å². The highest BCUT2D eigenvalue weighted by molar-refractivity contribution is 7.13. The molecule has 1 atom stereocenters. The third kappa shape index (κ3) is 4.67. The number of hydrogen-bond acceptors (Lipinski definition) is 5. The second-order valence-electron chi connectivity index (χ2n) is 5.75. The first-order valence-electron chi connectivity index (χ1n) is 8.61. The predicted octanol–water partition coefficient (Wildman–Crippen LogP) is 3.89. The molecule has 0 aliphatic rings. The van der Waals surface area contributed by atoms with E-state index < -0.39 is 0 Å². The maximum absolute atomic E-state index is 12.4. The molecular weight excluding hydrogens is 346 g/mol. The van der Waals surface area contributed by atoms with E-state index in [1.807, 2.05) is 60.8 Å². The van der Waals surface area contributed by atoms with Crippen LogP contribution in [0.3, 0.4) is 0 Å². The highest BCUT2D eigenvalue weighted by Gasteiger charge is 2.17. The molecule has 1 aromatic carbocycles. The van der Waals surface area contributed by atoms with Crippen LogP contribution in [0.15, 0.2) is 60.0 Å². The van der Waals surface area contributed by atoms with Gasteiger partial charge in [0.15, 0.2) is 0 Å². The van der Waals surface area contributed by atoms with Gasteiger partial charge in [-0.25, -0.2) is 0 Å². The lowest BCUT2D eigenvalue weighted by Crippen LogP contribution is -2.32. The number of hydrogen-bond donors (Lipinski definition) is 1. The summed E-state index contributed by atoms with van der Waals surface area (Å²) in [5.74, 6) is 0.331. The number of rotatable bonds is 8. The van der Waals surface area contributed by atoms with Gasteiger partial charge in [-0.05, 0) is 29.5 Å². The molecule has 2 aromatic heterocycles. The van der Waals surface area contributed by atoms with Crippen molar-refractivity contribution in [3.05, 3.63) is 65.5 Å². The largest absolute Gasteiger partial charge is 0.475 e. The van der Waals surface area contributed by atoms with Crippen molar-refractivity contribution in [2.75, 3.05) is 13.2 Å². The summed E-state index contributed by atoms with van der Waals surface area (Å²) in [6, 6.07) is 17.5. The van der Waals surface area contributed by atoms with Crippen molar-refractivity contribution in [1.82, 2.24) is 15.5 Å². The van der Waals surface area contributed by atoms with Gasteiger partial charge < -0.3 is 10.1 Å². The van der Waals surface area contributed by atoms with Gasteiger partial charge in [0.05, 0.1) is 17.3 Å². The topological polar surface area (TPSA) is 64.1 Å². The molecule has 6 heteroatoms. The molecule has 0 radical (unpaired) electrons. The Labute approximate surface area is 157 Å². The molecule has 1 unspecified atom stereocenters. The molecular formula is C20H21N3O2S. The highest BCUT2D eigenvalue weighted by Crippen LogP contribution is 2.22. The van der Waals surface area contributed by atoms with E-state index >= 15 is 0 Å². The number of ether oxygens (including phenoxy) is 1. The zero-order chi connectivity index (χ0) is 18.2. The Morgan fingerprint density at radius 3 is 2.62 bits per heavy atom. The maximum Gasteiger partial charge on any atom is 0.233 e. The Morgan fingerprint density at radius 2 is 1.96 bits per heavy atom. The average molecular weight is 367 g/mol. The van der Waals surface area contributed by atoms with Crippen molar-refractivity contribution >= 4 is 17.2 Å². The minimum absolute atomic E-state index is 0.0152. The summed E-state index contributed by atoms with van der Waals surface area (Å²) in [6.07, 6.45) is 0.756. The molecule has 0 fully saturated rings. The van der Waals surface area contributed by atoms with E-state index in [9.17, 15) is 4.79 Å². The van der Waals surface area contributed by atoms with Crippen LogP contribution in [0.5, 0.6) is 5.88 Å². The van der Waals surface area contributed by atoms with E-state index in [4.69, 9.17) is 4.74 Å². The number of carbonyl (C=O) groups is 1. The maximum atomic E-state index is 12.4. The molecule has 5 nitrogen and oxygen atoms in total. The van der Waals surface area contributed by atoms with Crippen LogP contribution in [0.1, 0.15) is 24.8 Å². The van der Waals surface area contributed by atoms with E-state index in [1.165, 1.54) is 0 Å². The molecule has 0 spiro atoms. The van der Waals surface area contributed by atoms with Gasteiger partial charge >= 0.3 is 0 Å². The smallest absolute Gasteiger partial charge is 0.233 e. The van der Waals surface area contributed by atoms with Gasteiger partial charge in [-0.2, -0.15) is 0 Å². The molecule has 2 heterocycles. The van der Waals surface area contributed by atoms with Crippen LogP contribution >= 0.6 is 11.3 Å². The van der Waals surface area contributed by atoms with E-state index in [1.54, 1.807) is 17.4 Å². The lowest BCUT2D eigenvalue weighted by Gasteiger charge is -2.15. The van der Waals surface area contributed by atoms with Crippen LogP contribution < -0.4 is 10.1 Å². The summed E-state index contributed by atoms with van der Waals surface area (Å²) in [4.78, 5) is 13.4. The molecule has 1 amide bonds. The number of nitrogens with zero attached hydrogens (tertiary/aromatic N) is 2. The fourth-order valence-electron chi connectivity index (χ4n) is 2.66. The van der Waals surface area contributed by atoms with Crippen molar-refractivity contribution in [3.63, 3.8) is 0 Å². The molecule has 0 saturated carbocycles. The van der Waals surface area contributed by atoms with Gasteiger partial charge in [0.1, 0.15) is 12.3 Å². The van der Waals surface area contributed by atoms with Gasteiger partial charge in [0.2, 0.25) is 11.8 Å². The first-order chi connectivity index (χ1) is 12.8. The quantitative estimate of drug-likeness (QED) is 0.614. The van der Waals surface area contributed by atoms with E-state index in [0.29, 0.717) is 19.0 Å². The zero-order valence-corrected chi connectivity index (χ0v) is 15.4. The number of nitrogens with one attached hydrogen (secondary N) is 1. The second kappa shape index (κ2) is 9.10.